The first-order valence-corrected chi connectivity index (χ1v) is 13.2. The fraction of sp³-hybridized carbons (Fsp3) is 0.281. The van der Waals surface area contributed by atoms with E-state index in [2.05, 4.69) is 89.1 Å². The molecule has 0 radical (unpaired) electrons. The lowest BCUT2D eigenvalue weighted by molar-refractivity contribution is 0.0351. The van der Waals surface area contributed by atoms with Crippen LogP contribution in [0.2, 0.25) is 0 Å². The van der Waals surface area contributed by atoms with Crippen LogP contribution in [0.25, 0.3) is 10.8 Å². The molecule has 0 bridgehead atoms. The third-order valence-corrected chi connectivity index (χ3v) is 7.17. The molecule has 4 aromatic carbocycles. The molecule has 4 aromatic rings. The average Bonchev–Trinajstić information content (AvgIpc) is 2.96. The number of nitrogens with zero attached hydrogens (tertiary/aromatic N) is 2. The van der Waals surface area contributed by atoms with Gasteiger partial charge in [-0.05, 0) is 40.5 Å². The largest absolute Gasteiger partial charge is 0.379 e. The van der Waals surface area contributed by atoms with E-state index in [1.807, 2.05) is 29.2 Å². The van der Waals surface area contributed by atoms with Gasteiger partial charge in [-0.25, -0.2) is 4.79 Å². The van der Waals surface area contributed by atoms with Gasteiger partial charge in [-0.15, -0.1) is 0 Å². The Bertz CT molecular complexity index is 1230. The Labute approximate surface area is 219 Å². The van der Waals surface area contributed by atoms with E-state index in [-0.39, 0.29) is 11.9 Å². The van der Waals surface area contributed by atoms with Crippen LogP contribution in [0.3, 0.4) is 0 Å². The first-order chi connectivity index (χ1) is 18.3. The van der Waals surface area contributed by atoms with Gasteiger partial charge in [-0.3, -0.25) is 4.90 Å². The van der Waals surface area contributed by atoms with Gasteiger partial charge in [0.1, 0.15) is 0 Å². The van der Waals surface area contributed by atoms with E-state index < -0.39 is 0 Å². The number of fused-ring (bicyclic) bond motifs is 1. The van der Waals surface area contributed by atoms with Crippen molar-refractivity contribution in [2.24, 2.45) is 0 Å². The highest BCUT2D eigenvalue weighted by Gasteiger charge is 2.21. The molecule has 5 nitrogen and oxygen atoms in total. The summed E-state index contributed by atoms with van der Waals surface area (Å²) in [6, 6.07) is 35.5. The Morgan fingerprint density at radius 1 is 0.784 bits per heavy atom. The summed E-state index contributed by atoms with van der Waals surface area (Å²) in [7, 11) is 0. The molecule has 1 heterocycles. The molecule has 5 heteroatoms. The molecule has 0 saturated carbocycles. The summed E-state index contributed by atoms with van der Waals surface area (Å²) < 4.78 is 5.51. The number of hydrogen-bond acceptors (Lipinski definition) is 3. The first kappa shape index (κ1) is 25.0. The van der Waals surface area contributed by atoms with Gasteiger partial charge in [-0.1, -0.05) is 91.0 Å². The van der Waals surface area contributed by atoms with Gasteiger partial charge >= 0.3 is 6.03 Å². The number of carbonyl (C=O) groups excluding carboxylic acids is 1. The minimum Gasteiger partial charge on any atom is -0.379 e. The Kier molecular flexibility index (Phi) is 8.46. The van der Waals surface area contributed by atoms with Crippen molar-refractivity contribution in [2.45, 2.75) is 12.3 Å². The van der Waals surface area contributed by atoms with Gasteiger partial charge < -0.3 is 15.0 Å². The van der Waals surface area contributed by atoms with Crippen LogP contribution in [0, 0.1) is 0 Å². The molecule has 1 N–H and O–H groups in total. The van der Waals surface area contributed by atoms with Crippen LogP contribution in [-0.2, 0) is 4.74 Å². The molecule has 0 atom stereocenters. The van der Waals surface area contributed by atoms with E-state index in [1.165, 1.54) is 16.5 Å². The summed E-state index contributed by atoms with van der Waals surface area (Å²) in [4.78, 5) is 17.9. The van der Waals surface area contributed by atoms with E-state index in [1.54, 1.807) is 0 Å². The molecule has 0 aromatic heterocycles. The lowest BCUT2D eigenvalue weighted by Crippen LogP contribution is -2.44. The second-order valence-electron chi connectivity index (χ2n) is 9.60. The topological polar surface area (TPSA) is 44.8 Å². The molecular formula is C32H35N3O2. The zero-order chi connectivity index (χ0) is 25.3. The van der Waals surface area contributed by atoms with Crippen molar-refractivity contribution in [3.05, 3.63) is 114 Å². The lowest BCUT2D eigenvalue weighted by Gasteiger charge is -2.31. The van der Waals surface area contributed by atoms with E-state index in [4.69, 9.17) is 4.74 Å². The van der Waals surface area contributed by atoms with E-state index >= 15 is 0 Å². The van der Waals surface area contributed by atoms with Gasteiger partial charge in [0.05, 0.1) is 13.2 Å². The second-order valence-corrected chi connectivity index (χ2v) is 9.60. The molecule has 0 spiro atoms. The van der Waals surface area contributed by atoms with Crippen LogP contribution in [0.15, 0.2) is 103 Å². The number of ether oxygens (including phenoxy) is 1. The van der Waals surface area contributed by atoms with Gasteiger partial charge in [-0.2, -0.15) is 0 Å². The fourth-order valence-electron chi connectivity index (χ4n) is 5.05. The number of urea groups is 1. The number of nitrogens with one attached hydrogen (secondary N) is 1. The molecule has 190 valence electrons. The number of morpholine rings is 1. The Morgan fingerprint density at radius 3 is 2.08 bits per heavy atom. The molecule has 1 aliphatic rings. The van der Waals surface area contributed by atoms with Crippen molar-refractivity contribution in [3.63, 3.8) is 0 Å². The minimum absolute atomic E-state index is 0.0524. The van der Waals surface area contributed by atoms with E-state index in [0.717, 1.165) is 50.3 Å². The maximum Gasteiger partial charge on any atom is 0.321 e. The normalized spacial score (nSPS) is 14.1. The number of rotatable bonds is 9. The maximum atomic E-state index is 13.6. The summed E-state index contributed by atoms with van der Waals surface area (Å²) in [5, 5.41) is 5.45. The molecule has 37 heavy (non-hydrogen) atoms. The minimum atomic E-state index is -0.0524. The van der Waals surface area contributed by atoms with Crippen molar-refractivity contribution < 1.29 is 9.53 Å². The summed E-state index contributed by atoms with van der Waals surface area (Å²) in [5.41, 5.74) is 3.37. The lowest BCUT2D eigenvalue weighted by atomic mass is 9.88. The first-order valence-electron chi connectivity index (χ1n) is 13.2. The average molecular weight is 494 g/mol. The van der Waals surface area contributed by atoms with Crippen LogP contribution in [-0.4, -0.2) is 61.8 Å². The highest BCUT2D eigenvalue weighted by molar-refractivity contribution is 5.93. The summed E-state index contributed by atoms with van der Waals surface area (Å²) >= 11 is 0. The Hall–Kier alpha value is -3.67. The van der Waals surface area contributed by atoms with Gasteiger partial charge in [0.15, 0.2) is 0 Å². The molecule has 2 amide bonds. The summed E-state index contributed by atoms with van der Waals surface area (Å²) in [6.07, 6.45) is 0.849. The van der Waals surface area contributed by atoms with Gasteiger partial charge in [0, 0.05) is 44.3 Å². The maximum absolute atomic E-state index is 13.6. The molecule has 0 unspecified atom stereocenters. The van der Waals surface area contributed by atoms with Crippen LogP contribution in [0.4, 0.5) is 10.5 Å². The Morgan fingerprint density at radius 2 is 1.41 bits per heavy atom. The highest BCUT2D eigenvalue weighted by atomic mass is 16.5. The number of benzene rings is 4. The molecular weight excluding hydrogens is 458 g/mol. The van der Waals surface area contributed by atoms with Crippen LogP contribution >= 0.6 is 0 Å². The molecule has 1 aliphatic heterocycles. The van der Waals surface area contributed by atoms with Crippen LogP contribution < -0.4 is 5.32 Å². The van der Waals surface area contributed by atoms with Crippen molar-refractivity contribution in [1.29, 1.82) is 0 Å². The van der Waals surface area contributed by atoms with Gasteiger partial charge in [0.25, 0.3) is 0 Å². The molecule has 1 fully saturated rings. The number of hydrogen-bond donors (Lipinski definition) is 1. The van der Waals surface area contributed by atoms with Crippen molar-refractivity contribution in [2.75, 3.05) is 51.3 Å². The number of carbonyl (C=O) groups is 1. The highest BCUT2D eigenvalue weighted by Crippen LogP contribution is 2.28. The second kappa shape index (κ2) is 12.5. The third-order valence-electron chi connectivity index (χ3n) is 7.17. The number of anilines is 1. The standard InChI is InChI=1S/C32H35N3O2/c36-32(33-30-16-15-26-9-7-8-14-29(26)25-30)35(20-19-34-21-23-37-24-22-34)18-17-31(27-10-3-1-4-11-27)28-12-5-2-6-13-28/h1-16,25,31H,17-24H2,(H,33,36). The summed E-state index contributed by atoms with van der Waals surface area (Å²) in [5.74, 6) is 0.224. The predicted octanol–water partition coefficient (Wildman–Crippen LogP) is 6.23. The Balaban J connectivity index is 1.33. The zero-order valence-corrected chi connectivity index (χ0v) is 21.3. The third kappa shape index (κ3) is 6.76. The van der Waals surface area contributed by atoms with Crippen molar-refractivity contribution >= 4 is 22.5 Å². The zero-order valence-electron chi connectivity index (χ0n) is 21.3. The van der Waals surface area contributed by atoms with Crippen LogP contribution in [0.5, 0.6) is 0 Å². The van der Waals surface area contributed by atoms with E-state index in [0.29, 0.717) is 13.1 Å². The molecule has 5 rings (SSSR count). The van der Waals surface area contributed by atoms with Gasteiger partial charge in [0.2, 0.25) is 0 Å². The predicted molar refractivity (Wildman–Crippen MR) is 151 cm³/mol. The molecule has 1 saturated heterocycles. The van der Waals surface area contributed by atoms with Crippen LogP contribution in [0.1, 0.15) is 23.5 Å². The van der Waals surface area contributed by atoms with Crippen molar-refractivity contribution in [3.8, 4) is 0 Å². The van der Waals surface area contributed by atoms with Crippen molar-refractivity contribution in [1.82, 2.24) is 9.80 Å². The SMILES string of the molecule is O=C(Nc1ccc2ccccc2c1)N(CCC(c1ccccc1)c1ccccc1)CCN1CCOCC1. The van der Waals surface area contributed by atoms with E-state index in [9.17, 15) is 4.79 Å². The quantitative estimate of drug-likeness (QED) is 0.301. The monoisotopic (exact) mass is 493 g/mol. The smallest absolute Gasteiger partial charge is 0.321 e. The molecule has 0 aliphatic carbocycles. The fourth-order valence-corrected chi connectivity index (χ4v) is 5.05. The summed E-state index contributed by atoms with van der Waals surface area (Å²) in [6.45, 7) is 5.53. The number of amides is 2.